The molecule has 0 aromatic carbocycles. The number of nitrogens with one attached hydrogen (secondary N) is 1. The predicted octanol–water partition coefficient (Wildman–Crippen LogP) is -0.623. The summed E-state index contributed by atoms with van der Waals surface area (Å²) in [4.78, 5) is 14.5. The summed E-state index contributed by atoms with van der Waals surface area (Å²) in [6.07, 6.45) is 1.59. The second kappa shape index (κ2) is 2.51. The van der Waals surface area contributed by atoms with Gasteiger partial charge >= 0.3 is 0 Å². The highest BCUT2D eigenvalue weighted by Crippen LogP contribution is 1.96. The van der Waals surface area contributed by atoms with Gasteiger partial charge in [0, 0.05) is 6.20 Å². The van der Waals surface area contributed by atoms with Gasteiger partial charge in [-0.15, -0.1) is 0 Å². The summed E-state index contributed by atoms with van der Waals surface area (Å²) in [5.41, 5.74) is 5.52. The van der Waals surface area contributed by atoms with Gasteiger partial charge in [0.25, 0.3) is 0 Å². The Bertz CT molecular complexity index is 217. The molecule has 3 N–H and O–H groups in total. The number of amidine groups is 1. The number of carbonyl (C=O) groups is 1. The summed E-state index contributed by atoms with van der Waals surface area (Å²) in [5, 5.41) is 2.80. The summed E-state index contributed by atoms with van der Waals surface area (Å²) in [7, 11) is 0. The SMILES string of the molecule is CC1=NCC(C(N)=O)=CN1. The highest BCUT2D eigenvalue weighted by atomic mass is 16.1. The van der Waals surface area contributed by atoms with Crippen LogP contribution in [0, 0.1) is 0 Å². The van der Waals surface area contributed by atoms with Crippen LogP contribution in [-0.2, 0) is 4.79 Å². The van der Waals surface area contributed by atoms with Crippen LogP contribution in [0.3, 0.4) is 0 Å². The summed E-state index contributed by atoms with van der Waals surface area (Å²) in [6, 6.07) is 0. The predicted molar refractivity (Wildman–Crippen MR) is 38.4 cm³/mol. The standard InChI is InChI=1S/C6H9N3O/c1-4-8-2-5(3-9-4)6(7)10/h2H,3H2,1H3,(H2,7,10)(H,8,9). The quantitative estimate of drug-likeness (QED) is 0.508. The fourth-order valence-corrected chi connectivity index (χ4v) is 0.636. The maximum atomic E-state index is 10.5. The van der Waals surface area contributed by atoms with Gasteiger partial charge in [-0.2, -0.15) is 0 Å². The Balaban J connectivity index is 2.62. The van der Waals surface area contributed by atoms with Gasteiger partial charge in [0.15, 0.2) is 0 Å². The molecule has 1 aliphatic rings. The Morgan fingerprint density at radius 3 is 3.00 bits per heavy atom. The van der Waals surface area contributed by atoms with Crippen LogP contribution < -0.4 is 11.1 Å². The normalized spacial score (nSPS) is 16.9. The number of carbonyl (C=O) groups excluding carboxylic acids is 1. The molecule has 1 heterocycles. The topological polar surface area (TPSA) is 67.5 Å². The van der Waals surface area contributed by atoms with Crippen molar-refractivity contribution >= 4 is 11.7 Å². The van der Waals surface area contributed by atoms with Crippen LogP contribution in [0.15, 0.2) is 16.8 Å². The van der Waals surface area contributed by atoms with Crippen LogP contribution in [0.4, 0.5) is 0 Å². The molecule has 0 aliphatic carbocycles. The zero-order chi connectivity index (χ0) is 7.56. The number of hydrogen-bond acceptors (Lipinski definition) is 3. The van der Waals surface area contributed by atoms with E-state index in [9.17, 15) is 4.79 Å². The van der Waals surface area contributed by atoms with Crippen molar-refractivity contribution in [2.24, 2.45) is 10.7 Å². The Hall–Kier alpha value is -1.32. The van der Waals surface area contributed by atoms with E-state index in [1.165, 1.54) is 0 Å². The molecule has 0 fully saturated rings. The molecule has 0 radical (unpaired) electrons. The van der Waals surface area contributed by atoms with Gasteiger partial charge in [-0.25, -0.2) is 0 Å². The minimum atomic E-state index is -0.413. The molecule has 10 heavy (non-hydrogen) atoms. The van der Waals surface area contributed by atoms with Crippen molar-refractivity contribution < 1.29 is 4.79 Å². The van der Waals surface area contributed by atoms with Gasteiger partial charge in [-0.05, 0) is 6.92 Å². The Morgan fingerprint density at radius 2 is 2.60 bits per heavy atom. The average Bonchev–Trinajstić information content (AvgIpc) is 1.88. The van der Waals surface area contributed by atoms with Crippen LogP contribution in [0.1, 0.15) is 6.92 Å². The van der Waals surface area contributed by atoms with Gasteiger partial charge in [-0.3, -0.25) is 9.79 Å². The number of nitrogens with two attached hydrogens (primary N) is 1. The van der Waals surface area contributed by atoms with Crippen molar-refractivity contribution in [2.45, 2.75) is 6.92 Å². The average molecular weight is 139 g/mol. The maximum Gasteiger partial charge on any atom is 0.247 e. The number of nitrogens with zero attached hydrogens (tertiary/aromatic N) is 1. The van der Waals surface area contributed by atoms with Crippen molar-refractivity contribution in [3.63, 3.8) is 0 Å². The van der Waals surface area contributed by atoms with Crippen molar-refractivity contribution in [3.8, 4) is 0 Å². The van der Waals surface area contributed by atoms with Crippen LogP contribution >= 0.6 is 0 Å². The molecule has 1 amide bonds. The Kier molecular flexibility index (Phi) is 1.71. The monoisotopic (exact) mass is 139 g/mol. The molecular weight excluding hydrogens is 130 g/mol. The van der Waals surface area contributed by atoms with E-state index < -0.39 is 5.91 Å². The molecule has 0 saturated heterocycles. The molecule has 54 valence electrons. The van der Waals surface area contributed by atoms with Crippen LogP contribution in [0.5, 0.6) is 0 Å². The number of primary amides is 1. The van der Waals surface area contributed by atoms with Crippen molar-refractivity contribution in [1.29, 1.82) is 0 Å². The number of amides is 1. The zero-order valence-electron chi connectivity index (χ0n) is 5.72. The van der Waals surface area contributed by atoms with Gasteiger partial charge in [0.05, 0.1) is 18.0 Å². The van der Waals surface area contributed by atoms with E-state index in [2.05, 4.69) is 10.3 Å². The number of rotatable bonds is 1. The third-order valence-electron chi connectivity index (χ3n) is 1.26. The first-order valence-electron chi connectivity index (χ1n) is 2.96. The molecular formula is C6H9N3O. The molecule has 0 spiro atoms. The second-order valence-corrected chi connectivity index (χ2v) is 2.08. The number of hydrogen-bond donors (Lipinski definition) is 2. The first kappa shape index (κ1) is 6.80. The van der Waals surface area contributed by atoms with Crippen molar-refractivity contribution in [2.75, 3.05) is 6.54 Å². The molecule has 4 heteroatoms. The minimum absolute atomic E-state index is 0.397. The first-order chi connectivity index (χ1) is 4.70. The van der Waals surface area contributed by atoms with Gasteiger partial charge in [-0.1, -0.05) is 0 Å². The van der Waals surface area contributed by atoms with Crippen LogP contribution in [0.25, 0.3) is 0 Å². The second-order valence-electron chi connectivity index (χ2n) is 2.08. The molecule has 0 aromatic rings. The first-order valence-corrected chi connectivity index (χ1v) is 2.96. The molecule has 0 atom stereocenters. The summed E-state index contributed by atoms with van der Waals surface area (Å²) < 4.78 is 0. The van der Waals surface area contributed by atoms with E-state index in [1.54, 1.807) is 6.20 Å². The lowest BCUT2D eigenvalue weighted by Gasteiger charge is -2.08. The molecule has 0 saturated carbocycles. The smallest absolute Gasteiger partial charge is 0.247 e. The molecule has 0 bridgehead atoms. The van der Waals surface area contributed by atoms with E-state index in [1.807, 2.05) is 6.92 Å². The summed E-state index contributed by atoms with van der Waals surface area (Å²) in [5.74, 6) is 0.397. The summed E-state index contributed by atoms with van der Waals surface area (Å²) >= 11 is 0. The third-order valence-corrected chi connectivity index (χ3v) is 1.26. The lowest BCUT2D eigenvalue weighted by atomic mass is 10.2. The van der Waals surface area contributed by atoms with Crippen LogP contribution in [0.2, 0.25) is 0 Å². The van der Waals surface area contributed by atoms with E-state index in [0.29, 0.717) is 12.1 Å². The Labute approximate surface area is 58.8 Å². The van der Waals surface area contributed by atoms with Gasteiger partial charge in [0.1, 0.15) is 0 Å². The molecule has 0 aromatic heterocycles. The minimum Gasteiger partial charge on any atom is -0.366 e. The highest BCUT2D eigenvalue weighted by Gasteiger charge is 2.06. The van der Waals surface area contributed by atoms with E-state index >= 15 is 0 Å². The molecule has 1 aliphatic heterocycles. The lowest BCUT2D eigenvalue weighted by Crippen LogP contribution is -2.26. The zero-order valence-corrected chi connectivity index (χ0v) is 5.72. The molecule has 1 rings (SSSR count). The van der Waals surface area contributed by atoms with Crippen molar-refractivity contribution in [1.82, 2.24) is 5.32 Å². The van der Waals surface area contributed by atoms with Gasteiger partial charge in [0.2, 0.25) is 5.91 Å². The van der Waals surface area contributed by atoms with E-state index in [0.717, 1.165) is 5.84 Å². The largest absolute Gasteiger partial charge is 0.366 e. The van der Waals surface area contributed by atoms with Crippen LogP contribution in [-0.4, -0.2) is 18.3 Å². The molecule has 0 unspecified atom stereocenters. The number of aliphatic imine (C=N–C) groups is 1. The summed E-state index contributed by atoms with van der Waals surface area (Å²) in [6.45, 7) is 2.22. The van der Waals surface area contributed by atoms with E-state index in [-0.39, 0.29) is 0 Å². The van der Waals surface area contributed by atoms with E-state index in [4.69, 9.17) is 5.73 Å². The maximum absolute atomic E-state index is 10.5. The lowest BCUT2D eigenvalue weighted by molar-refractivity contribution is -0.114. The third kappa shape index (κ3) is 1.34. The molecule has 4 nitrogen and oxygen atoms in total. The van der Waals surface area contributed by atoms with Crippen molar-refractivity contribution in [3.05, 3.63) is 11.8 Å². The van der Waals surface area contributed by atoms with Gasteiger partial charge < -0.3 is 11.1 Å². The Morgan fingerprint density at radius 1 is 1.90 bits per heavy atom. The fraction of sp³-hybridized carbons (Fsp3) is 0.333. The fourth-order valence-electron chi connectivity index (χ4n) is 0.636. The highest BCUT2D eigenvalue weighted by molar-refractivity contribution is 5.95.